The minimum atomic E-state index is -3.66. The van der Waals surface area contributed by atoms with Crippen LogP contribution in [-0.4, -0.2) is 51.0 Å². The number of hydrogen-bond donors (Lipinski definition) is 1. The molecule has 0 aliphatic heterocycles. The van der Waals surface area contributed by atoms with Crippen LogP contribution in [0, 0.1) is 11.6 Å². The van der Waals surface area contributed by atoms with Gasteiger partial charge in [-0.15, -0.1) is 0 Å². The quantitative estimate of drug-likeness (QED) is 0.582. The van der Waals surface area contributed by atoms with Gasteiger partial charge >= 0.3 is 0 Å². The molecule has 0 saturated carbocycles. The first-order valence-electron chi connectivity index (χ1n) is 10.0. The second-order valence-electron chi connectivity index (χ2n) is 7.32. The molecule has 174 valence electrons. The molecule has 0 bridgehead atoms. The fourth-order valence-corrected chi connectivity index (χ4v) is 4.18. The maximum atomic E-state index is 14.1. The van der Waals surface area contributed by atoms with E-state index in [1.165, 1.54) is 42.3 Å². The third-order valence-corrected chi connectivity index (χ3v) is 6.17. The predicted molar refractivity (Wildman–Crippen MR) is 118 cm³/mol. The van der Waals surface area contributed by atoms with Crippen molar-refractivity contribution >= 4 is 27.5 Å². The highest BCUT2D eigenvalue weighted by Gasteiger charge is 2.26. The Hall–Kier alpha value is -3.01. The standard InChI is InChI=1S/C22H27F2N3O4S/c1-16(22(29)25-2)26(15-17-7-4-5-8-20(17)24)21(28)9-6-14-27(32(3,30)31)19-12-10-18(23)11-13-19/h4-5,7-8,10-13,16H,6,9,14-15H2,1-3H3,(H,25,29)/t16-/m0/s1. The number of likely N-dealkylation sites (N-methyl/N-ethyl adjacent to an activating group) is 1. The lowest BCUT2D eigenvalue weighted by atomic mass is 10.1. The summed E-state index contributed by atoms with van der Waals surface area (Å²) in [5, 5.41) is 2.48. The first kappa shape index (κ1) is 25.3. The smallest absolute Gasteiger partial charge is 0.242 e. The zero-order chi connectivity index (χ0) is 23.9. The molecule has 2 amide bonds. The fourth-order valence-electron chi connectivity index (χ4n) is 3.21. The van der Waals surface area contributed by atoms with E-state index in [4.69, 9.17) is 0 Å². The van der Waals surface area contributed by atoms with E-state index in [9.17, 15) is 26.8 Å². The monoisotopic (exact) mass is 467 g/mol. The number of amides is 2. The van der Waals surface area contributed by atoms with Crippen molar-refractivity contribution in [2.75, 3.05) is 24.2 Å². The highest BCUT2D eigenvalue weighted by molar-refractivity contribution is 7.92. The Morgan fingerprint density at radius 1 is 1.06 bits per heavy atom. The summed E-state index contributed by atoms with van der Waals surface area (Å²) >= 11 is 0. The number of anilines is 1. The van der Waals surface area contributed by atoms with Crippen molar-refractivity contribution in [3.63, 3.8) is 0 Å². The molecular weight excluding hydrogens is 440 g/mol. The van der Waals surface area contributed by atoms with E-state index in [0.29, 0.717) is 0 Å². The zero-order valence-electron chi connectivity index (χ0n) is 18.2. The lowest BCUT2D eigenvalue weighted by Crippen LogP contribution is -2.47. The Bertz CT molecular complexity index is 1050. The van der Waals surface area contributed by atoms with Crippen LogP contribution in [0.25, 0.3) is 0 Å². The van der Waals surface area contributed by atoms with Gasteiger partial charge in [-0.2, -0.15) is 0 Å². The molecule has 0 heterocycles. The van der Waals surface area contributed by atoms with Crippen LogP contribution < -0.4 is 9.62 Å². The second kappa shape index (κ2) is 11.0. The van der Waals surface area contributed by atoms with Gasteiger partial charge in [0.2, 0.25) is 21.8 Å². The third-order valence-electron chi connectivity index (χ3n) is 4.98. The Labute approximate surface area is 187 Å². The van der Waals surface area contributed by atoms with Crippen LogP contribution >= 0.6 is 0 Å². The van der Waals surface area contributed by atoms with Gasteiger partial charge in [0.15, 0.2) is 0 Å². The molecule has 0 aliphatic carbocycles. The van der Waals surface area contributed by atoms with Crippen molar-refractivity contribution in [1.82, 2.24) is 10.2 Å². The zero-order valence-corrected chi connectivity index (χ0v) is 19.0. The largest absolute Gasteiger partial charge is 0.357 e. The molecule has 2 aromatic rings. The molecule has 1 atom stereocenters. The second-order valence-corrected chi connectivity index (χ2v) is 9.23. The predicted octanol–water partition coefficient (Wildman–Crippen LogP) is 2.67. The van der Waals surface area contributed by atoms with Crippen molar-refractivity contribution in [2.24, 2.45) is 0 Å². The molecule has 0 unspecified atom stereocenters. The van der Waals surface area contributed by atoms with E-state index >= 15 is 0 Å². The summed E-state index contributed by atoms with van der Waals surface area (Å²) < 4.78 is 52.8. The first-order valence-corrected chi connectivity index (χ1v) is 11.9. The summed E-state index contributed by atoms with van der Waals surface area (Å²) in [6.45, 7) is 1.42. The highest BCUT2D eigenvalue weighted by Crippen LogP contribution is 2.20. The minimum absolute atomic E-state index is 0.0158. The molecule has 0 aromatic heterocycles. The Kier molecular flexibility index (Phi) is 8.71. The van der Waals surface area contributed by atoms with Crippen molar-refractivity contribution in [1.29, 1.82) is 0 Å². The van der Waals surface area contributed by atoms with E-state index in [0.717, 1.165) is 22.7 Å². The van der Waals surface area contributed by atoms with Crippen molar-refractivity contribution < 1.29 is 26.8 Å². The summed E-state index contributed by atoms with van der Waals surface area (Å²) in [7, 11) is -2.22. The molecule has 32 heavy (non-hydrogen) atoms. The molecule has 1 N–H and O–H groups in total. The average molecular weight is 468 g/mol. The Balaban J connectivity index is 2.14. The van der Waals surface area contributed by atoms with E-state index in [1.54, 1.807) is 13.0 Å². The summed E-state index contributed by atoms with van der Waals surface area (Å²) in [6.07, 6.45) is 1.11. The van der Waals surface area contributed by atoms with Crippen molar-refractivity contribution in [3.05, 3.63) is 65.7 Å². The SMILES string of the molecule is CNC(=O)[C@H](C)N(Cc1ccccc1F)C(=O)CCCN(c1ccc(F)cc1)S(C)(=O)=O. The summed E-state index contributed by atoms with van der Waals surface area (Å²) in [5.74, 6) is -1.81. The normalized spacial score (nSPS) is 12.2. The van der Waals surface area contributed by atoms with Gasteiger partial charge in [0.1, 0.15) is 17.7 Å². The lowest BCUT2D eigenvalue weighted by molar-refractivity contribution is -0.140. The fraction of sp³-hybridized carbons (Fsp3) is 0.364. The van der Waals surface area contributed by atoms with Gasteiger partial charge in [0.05, 0.1) is 11.9 Å². The maximum Gasteiger partial charge on any atom is 0.242 e. The number of halogens is 2. The van der Waals surface area contributed by atoms with Gasteiger partial charge in [0.25, 0.3) is 0 Å². The molecule has 10 heteroatoms. The van der Waals surface area contributed by atoms with Crippen LogP contribution in [-0.2, 0) is 26.2 Å². The van der Waals surface area contributed by atoms with Gasteiger partial charge in [-0.25, -0.2) is 17.2 Å². The number of rotatable bonds is 10. The molecule has 0 spiro atoms. The number of carbonyl (C=O) groups is 2. The Morgan fingerprint density at radius 3 is 2.25 bits per heavy atom. The summed E-state index contributed by atoms with van der Waals surface area (Å²) in [4.78, 5) is 26.3. The number of nitrogens with one attached hydrogen (secondary N) is 1. The molecular formula is C22H27F2N3O4S. The van der Waals surface area contributed by atoms with Gasteiger partial charge in [-0.1, -0.05) is 18.2 Å². The van der Waals surface area contributed by atoms with E-state index in [1.807, 2.05) is 0 Å². The molecule has 0 fully saturated rings. The minimum Gasteiger partial charge on any atom is -0.357 e. The number of benzene rings is 2. The van der Waals surface area contributed by atoms with Gasteiger partial charge < -0.3 is 10.2 Å². The van der Waals surface area contributed by atoms with Crippen LogP contribution in [0.15, 0.2) is 48.5 Å². The topological polar surface area (TPSA) is 86.8 Å². The van der Waals surface area contributed by atoms with Crippen LogP contribution in [0.1, 0.15) is 25.3 Å². The number of hydrogen-bond acceptors (Lipinski definition) is 4. The van der Waals surface area contributed by atoms with E-state index in [-0.39, 0.29) is 37.2 Å². The number of carbonyl (C=O) groups excluding carboxylic acids is 2. The summed E-state index contributed by atoms with van der Waals surface area (Å²) in [6, 6.07) is 10.1. The molecule has 2 rings (SSSR count). The van der Waals surface area contributed by atoms with Gasteiger partial charge in [-0.3, -0.25) is 13.9 Å². The molecule has 0 radical (unpaired) electrons. The van der Waals surface area contributed by atoms with Crippen LogP contribution in [0.2, 0.25) is 0 Å². The molecule has 2 aromatic carbocycles. The molecule has 0 saturated heterocycles. The van der Waals surface area contributed by atoms with E-state index in [2.05, 4.69) is 5.32 Å². The average Bonchev–Trinajstić information content (AvgIpc) is 2.75. The molecule has 0 aliphatic rings. The number of sulfonamides is 1. The van der Waals surface area contributed by atoms with Gasteiger partial charge in [0, 0.05) is 32.1 Å². The van der Waals surface area contributed by atoms with Gasteiger partial charge in [-0.05, 0) is 43.7 Å². The first-order chi connectivity index (χ1) is 15.0. The highest BCUT2D eigenvalue weighted by atomic mass is 32.2. The Morgan fingerprint density at radius 2 is 1.69 bits per heavy atom. The third kappa shape index (κ3) is 6.74. The van der Waals surface area contributed by atoms with E-state index < -0.39 is 39.5 Å². The van der Waals surface area contributed by atoms with Crippen LogP contribution in [0.3, 0.4) is 0 Å². The molecule has 7 nitrogen and oxygen atoms in total. The van der Waals surface area contributed by atoms with Crippen LogP contribution in [0.5, 0.6) is 0 Å². The van der Waals surface area contributed by atoms with Crippen molar-refractivity contribution in [3.8, 4) is 0 Å². The van der Waals surface area contributed by atoms with Crippen LogP contribution in [0.4, 0.5) is 14.5 Å². The van der Waals surface area contributed by atoms with Crippen molar-refractivity contribution in [2.45, 2.75) is 32.4 Å². The summed E-state index contributed by atoms with van der Waals surface area (Å²) in [5.41, 5.74) is 0.545. The lowest BCUT2D eigenvalue weighted by Gasteiger charge is -2.29. The number of nitrogens with zero attached hydrogens (tertiary/aromatic N) is 2. The maximum absolute atomic E-state index is 14.1.